The Labute approximate surface area is 127 Å². The maximum atomic E-state index is 13.3. The van der Waals surface area contributed by atoms with Gasteiger partial charge in [-0.15, -0.1) is 0 Å². The van der Waals surface area contributed by atoms with Gasteiger partial charge in [-0.1, -0.05) is 17.7 Å². The quantitative estimate of drug-likeness (QED) is 0.826. The summed E-state index contributed by atoms with van der Waals surface area (Å²) in [6.07, 6.45) is 0. The highest BCUT2D eigenvalue weighted by atomic mass is 32.2. The van der Waals surface area contributed by atoms with Crippen LogP contribution in [0.3, 0.4) is 0 Å². The first-order chi connectivity index (χ1) is 10.3. The predicted molar refractivity (Wildman–Crippen MR) is 79.8 cm³/mol. The molecule has 0 amide bonds. The third-order valence-electron chi connectivity index (χ3n) is 3.00. The van der Waals surface area contributed by atoms with Gasteiger partial charge < -0.3 is 5.11 Å². The van der Waals surface area contributed by atoms with Crippen molar-refractivity contribution in [3.05, 3.63) is 59.4 Å². The lowest BCUT2D eigenvalue weighted by Gasteiger charge is -2.12. The Kier molecular flexibility index (Phi) is 4.58. The SMILES string of the molecule is Cc1ccc(S(=O)(=O)Nc2cc(F)ccc2C(=O)CO)cc1. The zero-order valence-electron chi connectivity index (χ0n) is 11.7. The van der Waals surface area contributed by atoms with E-state index in [2.05, 4.69) is 4.72 Å². The summed E-state index contributed by atoms with van der Waals surface area (Å²) in [4.78, 5) is 11.6. The van der Waals surface area contributed by atoms with Gasteiger partial charge in [-0.25, -0.2) is 12.8 Å². The fourth-order valence-electron chi connectivity index (χ4n) is 1.85. The molecule has 0 aromatic heterocycles. The van der Waals surface area contributed by atoms with Crippen LogP contribution < -0.4 is 4.72 Å². The standard InChI is InChI=1S/C15H14FNO4S/c1-10-2-5-12(6-3-10)22(20,21)17-14-8-11(16)4-7-13(14)15(19)9-18/h2-8,17-18H,9H2,1H3. The van der Waals surface area contributed by atoms with E-state index in [1.807, 2.05) is 6.92 Å². The molecule has 2 aromatic rings. The van der Waals surface area contributed by atoms with Crippen LogP contribution in [0.4, 0.5) is 10.1 Å². The molecule has 5 nitrogen and oxygen atoms in total. The van der Waals surface area contributed by atoms with E-state index in [4.69, 9.17) is 5.11 Å². The van der Waals surface area contributed by atoms with Crippen LogP contribution in [0.1, 0.15) is 15.9 Å². The molecule has 7 heteroatoms. The van der Waals surface area contributed by atoms with Crippen LogP contribution in [0.5, 0.6) is 0 Å². The minimum absolute atomic E-state index is 0.00948. The number of anilines is 1. The highest BCUT2D eigenvalue weighted by Crippen LogP contribution is 2.22. The number of Topliss-reactive ketones (excluding diaryl/α,β-unsaturated/α-hetero) is 1. The van der Waals surface area contributed by atoms with Crippen molar-refractivity contribution in [1.29, 1.82) is 0 Å². The molecule has 0 atom stereocenters. The largest absolute Gasteiger partial charge is 0.388 e. The van der Waals surface area contributed by atoms with E-state index in [-0.39, 0.29) is 16.1 Å². The number of aryl methyl sites for hydroxylation is 1. The number of hydrogen-bond acceptors (Lipinski definition) is 4. The van der Waals surface area contributed by atoms with E-state index < -0.39 is 28.2 Å². The van der Waals surface area contributed by atoms with Crippen LogP contribution in [0.2, 0.25) is 0 Å². The number of ketones is 1. The molecule has 2 rings (SSSR count). The van der Waals surface area contributed by atoms with Crippen LogP contribution in [0, 0.1) is 12.7 Å². The van der Waals surface area contributed by atoms with Gasteiger partial charge in [-0.05, 0) is 37.3 Å². The molecule has 116 valence electrons. The number of benzene rings is 2. The van der Waals surface area contributed by atoms with Gasteiger partial charge >= 0.3 is 0 Å². The number of sulfonamides is 1. The van der Waals surface area contributed by atoms with Crippen molar-refractivity contribution in [2.24, 2.45) is 0 Å². The average molecular weight is 323 g/mol. The van der Waals surface area contributed by atoms with Crippen LogP contribution >= 0.6 is 0 Å². The van der Waals surface area contributed by atoms with E-state index in [1.165, 1.54) is 12.1 Å². The van der Waals surface area contributed by atoms with Crippen molar-refractivity contribution < 1.29 is 22.7 Å². The van der Waals surface area contributed by atoms with Crippen LogP contribution in [-0.4, -0.2) is 25.9 Å². The van der Waals surface area contributed by atoms with Gasteiger partial charge in [0.25, 0.3) is 10.0 Å². The fourth-order valence-corrected chi connectivity index (χ4v) is 2.92. The third kappa shape index (κ3) is 3.49. The highest BCUT2D eigenvalue weighted by molar-refractivity contribution is 7.92. The van der Waals surface area contributed by atoms with Crippen molar-refractivity contribution in [3.8, 4) is 0 Å². The minimum Gasteiger partial charge on any atom is -0.388 e. The first-order valence-corrected chi connectivity index (χ1v) is 7.85. The van der Waals surface area contributed by atoms with Gasteiger partial charge in [-0.3, -0.25) is 9.52 Å². The molecule has 0 unspecified atom stereocenters. The summed E-state index contributed by atoms with van der Waals surface area (Å²) in [7, 11) is -3.96. The molecule has 0 spiro atoms. The maximum absolute atomic E-state index is 13.3. The lowest BCUT2D eigenvalue weighted by molar-refractivity contribution is 0.0904. The number of halogens is 1. The molecule has 0 bridgehead atoms. The van der Waals surface area contributed by atoms with E-state index in [9.17, 15) is 17.6 Å². The number of carbonyl (C=O) groups is 1. The Morgan fingerprint density at radius 1 is 1.18 bits per heavy atom. The first kappa shape index (κ1) is 16.1. The lowest BCUT2D eigenvalue weighted by atomic mass is 10.1. The second-order valence-corrected chi connectivity index (χ2v) is 6.37. The molecule has 2 aromatic carbocycles. The summed E-state index contributed by atoms with van der Waals surface area (Å²) in [6.45, 7) is 1.01. The number of aliphatic hydroxyl groups is 1. The smallest absolute Gasteiger partial charge is 0.261 e. The molecule has 0 aliphatic heterocycles. The average Bonchev–Trinajstić information content (AvgIpc) is 2.46. The number of hydrogen-bond donors (Lipinski definition) is 2. The Hall–Kier alpha value is -2.25. The monoisotopic (exact) mass is 323 g/mol. The van der Waals surface area contributed by atoms with Gasteiger partial charge in [0.05, 0.1) is 10.6 Å². The Morgan fingerprint density at radius 3 is 2.41 bits per heavy atom. The third-order valence-corrected chi connectivity index (χ3v) is 4.38. The summed E-state index contributed by atoms with van der Waals surface area (Å²) in [5.74, 6) is -1.40. The number of nitrogens with one attached hydrogen (secondary N) is 1. The van der Waals surface area contributed by atoms with Crippen molar-refractivity contribution in [3.63, 3.8) is 0 Å². The summed E-state index contributed by atoms with van der Waals surface area (Å²) in [6, 6.07) is 9.11. The summed E-state index contributed by atoms with van der Waals surface area (Å²) >= 11 is 0. The minimum atomic E-state index is -3.96. The zero-order valence-corrected chi connectivity index (χ0v) is 12.5. The van der Waals surface area contributed by atoms with Crippen molar-refractivity contribution >= 4 is 21.5 Å². The highest BCUT2D eigenvalue weighted by Gasteiger charge is 2.19. The van der Waals surface area contributed by atoms with Gasteiger partial charge in [0.2, 0.25) is 0 Å². The fraction of sp³-hybridized carbons (Fsp3) is 0.133. The van der Waals surface area contributed by atoms with E-state index in [1.54, 1.807) is 12.1 Å². The molecule has 0 saturated heterocycles. The Bertz CT molecular complexity index is 801. The van der Waals surface area contributed by atoms with Crippen LogP contribution in [-0.2, 0) is 10.0 Å². The normalized spacial score (nSPS) is 11.2. The Balaban J connectivity index is 2.43. The number of aliphatic hydroxyl groups excluding tert-OH is 1. The van der Waals surface area contributed by atoms with Gasteiger partial charge in [-0.2, -0.15) is 0 Å². The molecule has 22 heavy (non-hydrogen) atoms. The molecule has 0 heterocycles. The lowest BCUT2D eigenvalue weighted by Crippen LogP contribution is -2.17. The molecular formula is C15H14FNO4S. The van der Waals surface area contributed by atoms with Gasteiger partial charge in [0.1, 0.15) is 12.4 Å². The van der Waals surface area contributed by atoms with Gasteiger partial charge in [0.15, 0.2) is 5.78 Å². The molecule has 0 fully saturated rings. The van der Waals surface area contributed by atoms with Crippen molar-refractivity contribution in [2.75, 3.05) is 11.3 Å². The second kappa shape index (κ2) is 6.25. The maximum Gasteiger partial charge on any atom is 0.261 e. The second-order valence-electron chi connectivity index (χ2n) is 4.69. The zero-order chi connectivity index (χ0) is 16.3. The molecule has 0 radical (unpaired) electrons. The number of carbonyl (C=O) groups excluding carboxylic acids is 1. The van der Waals surface area contributed by atoms with E-state index >= 15 is 0 Å². The van der Waals surface area contributed by atoms with Crippen molar-refractivity contribution in [1.82, 2.24) is 0 Å². The molecule has 0 saturated carbocycles. The summed E-state index contributed by atoms with van der Waals surface area (Å²) < 4.78 is 40.1. The van der Waals surface area contributed by atoms with Gasteiger partial charge in [0, 0.05) is 5.56 Å². The van der Waals surface area contributed by atoms with E-state index in [0.717, 1.165) is 23.8 Å². The first-order valence-electron chi connectivity index (χ1n) is 6.36. The summed E-state index contributed by atoms with van der Waals surface area (Å²) in [5, 5.41) is 8.91. The summed E-state index contributed by atoms with van der Waals surface area (Å²) in [5.41, 5.74) is 0.583. The van der Waals surface area contributed by atoms with Crippen molar-refractivity contribution in [2.45, 2.75) is 11.8 Å². The topological polar surface area (TPSA) is 83.5 Å². The van der Waals surface area contributed by atoms with Crippen LogP contribution in [0.25, 0.3) is 0 Å². The van der Waals surface area contributed by atoms with E-state index in [0.29, 0.717) is 0 Å². The molecule has 0 aliphatic carbocycles. The predicted octanol–water partition coefficient (Wildman–Crippen LogP) is 2.11. The number of rotatable bonds is 5. The Morgan fingerprint density at radius 2 is 1.82 bits per heavy atom. The molecule has 0 aliphatic rings. The van der Waals surface area contributed by atoms with Crippen LogP contribution in [0.15, 0.2) is 47.4 Å². The molecule has 2 N–H and O–H groups in total. The molecular weight excluding hydrogens is 309 g/mol.